The van der Waals surface area contributed by atoms with Gasteiger partial charge in [-0.1, -0.05) is 23.2 Å². The van der Waals surface area contributed by atoms with Crippen molar-refractivity contribution in [2.75, 3.05) is 52.7 Å². The first-order valence-electron chi connectivity index (χ1n) is 6.54. The molecule has 0 saturated heterocycles. The van der Waals surface area contributed by atoms with Gasteiger partial charge in [0.2, 0.25) is 0 Å². The van der Waals surface area contributed by atoms with Crippen molar-refractivity contribution in [1.82, 2.24) is 0 Å². The van der Waals surface area contributed by atoms with Crippen molar-refractivity contribution < 1.29 is 14.2 Å². The van der Waals surface area contributed by atoms with Crippen LogP contribution < -0.4 is 0 Å². The Balaban J connectivity index is 4.14. The minimum Gasteiger partial charge on any atom is -0.381 e. The SMILES string of the molecule is C=CCOCC(C)(COCCN=[N+]=[N-])COCCN=[N+]=[N-]. The zero-order chi connectivity index (χ0) is 15.8. The van der Waals surface area contributed by atoms with Gasteiger partial charge in [0.15, 0.2) is 0 Å². The molecule has 0 aromatic heterocycles. The highest BCUT2D eigenvalue weighted by Gasteiger charge is 2.25. The topological polar surface area (TPSA) is 125 Å². The van der Waals surface area contributed by atoms with Crippen LogP contribution in [0.2, 0.25) is 0 Å². The zero-order valence-corrected chi connectivity index (χ0v) is 12.3. The minimum atomic E-state index is -0.338. The molecule has 21 heavy (non-hydrogen) atoms. The second-order valence-corrected chi connectivity index (χ2v) is 4.63. The molecule has 0 fully saturated rings. The molecule has 0 aromatic rings. The highest BCUT2D eigenvalue weighted by molar-refractivity contribution is 4.75. The molecule has 118 valence electrons. The van der Waals surface area contributed by atoms with Crippen LogP contribution in [0.5, 0.6) is 0 Å². The Morgan fingerprint density at radius 2 is 1.48 bits per heavy atom. The van der Waals surface area contributed by atoms with Gasteiger partial charge in [-0.15, -0.1) is 6.58 Å². The molecule has 0 bridgehead atoms. The summed E-state index contributed by atoms with van der Waals surface area (Å²) in [4.78, 5) is 5.31. The first kappa shape index (κ1) is 19.2. The maximum Gasteiger partial charge on any atom is 0.0645 e. The van der Waals surface area contributed by atoms with Crippen molar-refractivity contribution in [3.05, 3.63) is 33.5 Å². The van der Waals surface area contributed by atoms with E-state index < -0.39 is 0 Å². The van der Waals surface area contributed by atoms with Crippen molar-refractivity contribution in [3.8, 4) is 0 Å². The average molecular weight is 298 g/mol. The molecule has 0 unspecified atom stereocenters. The van der Waals surface area contributed by atoms with E-state index in [4.69, 9.17) is 25.3 Å². The Labute approximate surface area is 124 Å². The second kappa shape index (κ2) is 13.2. The lowest BCUT2D eigenvalue weighted by molar-refractivity contribution is -0.0530. The second-order valence-electron chi connectivity index (χ2n) is 4.63. The van der Waals surface area contributed by atoms with Gasteiger partial charge in [0, 0.05) is 28.3 Å². The normalized spacial score (nSPS) is 12.8. The Bertz CT molecular complexity index is 351. The number of hydrogen-bond acceptors (Lipinski definition) is 5. The number of ether oxygens (including phenoxy) is 3. The van der Waals surface area contributed by atoms with E-state index in [0.717, 1.165) is 0 Å². The highest BCUT2D eigenvalue weighted by atomic mass is 16.5. The molecule has 0 aliphatic heterocycles. The molecular weight excluding hydrogens is 276 g/mol. The summed E-state index contributed by atoms with van der Waals surface area (Å²) in [5, 5.41) is 6.79. The van der Waals surface area contributed by atoms with Crippen molar-refractivity contribution in [1.29, 1.82) is 0 Å². The smallest absolute Gasteiger partial charge is 0.0645 e. The molecule has 0 aromatic carbocycles. The summed E-state index contributed by atoms with van der Waals surface area (Å²) in [6.45, 7) is 8.55. The molecule has 0 radical (unpaired) electrons. The van der Waals surface area contributed by atoms with E-state index in [1.165, 1.54) is 0 Å². The third-order valence-corrected chi connectivity index (χ3v) is 2.39. The lowest BCUT2D eigenvalue weighted by Crippen LogP contribution is -2.35. The van der Waals surface area contributed by atoms with Crippen LogP contribution in [0, 0.1) is 5.41 Å². The van der Waals surface area contributed by atoms with Crippen LogP contribution >= 0.6 is 0 Å². The Morgan fingerprint density at radius 3 is 1.90 bits per heavy atom. The van der Waals surface area contributed by atoms with E-state index in [-0.39, 0.29) is 18.5 Å². The van der Waals surface area contributed by atoms with Crippen LogP contribution in [0.25, 0.3) is 20.9 Å². The Hall–Kier alpha value is -1.76. The fraction of sp³-hybridized carbons (Fsp3) is 0.833. The molecular formula is C12H22N6O3. The van der Waals surface area contributed by atoms with E-state index in [2.05, 4.69) is 26.6 Å². The van der Waals surface area contributed by atoms with Gasteiger partial charge in [0.1, 0.15) is 0 Å². The van der Waals surface area contributed by atoms with Crippen LogP contribution in [0.15, 0.2) is 22.9 Å². The minimum absolute atomic E-state index is 0.290. The molecule has 0 amide bonds. The van der Waals surface area contributed by atoms with Gasteiger partial charge in [0.25, 0.3) is 0 Å². The maximum absolute atomic E-state index is 8.17. The molecule has 0 aliphatic rings. The van der Waals surface area contributed by atoms with E-state index in [9.17, 15) is 0 Å². The number of hydrogen-bond donors (Lipinski definition) is 0. The maximum atomic E-state index is 8.17. The van der Waals surface area contributed by atoms with Gasteiger partial charge >= 0.3 is 0 Å². The summed E-state index contributed by atoms with van der Waals surface area (Å²) in [5.74, 6) is 0. The van der Waals surface area contributed by atoms with Crippen LogP contribution in [0.1, 0.15) is 6.92 Å². The average Bonchev–Trinajstić information content (AvgIpc) is 2.47. The van der Waals surface area contributed by atoms with Gasteiger partial charge in [-0.3, -0.25) is 0 Å². The Kier molecular flexibility index (Phi) is 12.1. The Morgan fingerprint density at radius 1 is 1.00 bits per heavy atom. The molecule has 0 saturated carbocycles. The van der Waals surface area contributed by atoms with Crippen LogP contribution in [0.4, 0.5) is 0 Å². The van der Waals surface area contributed by atoms with Gasteiger partial charge < -0.3 is 14.2 Å². The van der Waals surface area contributed by atoms with Crippen molar-refractivity contribution in [2.24, 2.45) is 15.6 Å². The summed E-state index contributed by atoms with van der Waals surface area (Å²) in [6.07, 6.45) is 1.67. The van der Waals surface area contributed by atoms with Gasteiger partial charge in [0.05, 0.1) is 39.6 Å². The lowest BCUT2D eigenvalue weighted by atomic mass is 9.94. The summed E-state index contributed by atoms with van der Waals surface area (Å²) < 4.78 is 16.4. The summed E-state index contributed by atoms with van der Waals surface area (Å²) in [6, 6.07) is 0. The third-order valence-electron chi connectivity index (χ3n) is 2.39. The predicted octanol–water partition coefficient (Wildman–Crippen LogP) is 2.85. The molecule has 0 N–H and O–H groups in total. The number of rotatable bonds is 14. The van der Waals surface area contributed by atoms with Gasteiger partial charge in [-0.05, 0) is 11.1 Å². The number of azide groups is 2. The zero-order valence-electron chi connectivity index (χ0n) is 12.3. The predicted molar refractivity (Wildman–Crippen MR) is 78.8 cm³/mol. The summed E-state index contributed by atoms with van der Waals surface area (Å²) in [7, 11) is 0. The van der Waals surface area contributed by atoms with Gasteiger partial charge in [-0.25, -0.2) is 0 Å². The van der Waals surface area contributed by atoms with E-state index in [0.29, 0.717) is 39.6 Å². The van der Waals surface area contributed by atoms with Crippen LogP contribution in [-0.2, 0) is 14.2 Å². The van der Waals surface area contributed by atoms with E-state index >= 15 is 0 Å². The van der Waals surface area contributed by atoms with Crippen molar-refractivity contribution in [2.45, 2.75) is 6.92 Å². The lowest BCUT2D eigenvalue weighted by Gasteiger charge is -2.28. The fourth-order valence-electron chi connectivity index (χ4n) is 1.45. The quantitative estimate of drug-likeness (QED) is 0.161. The molecule has 0 aliphatic carbocycles. The van der Waals surface area contributed by atoms with Crippen molar-refractivity contribution in [3.63, 3.8) is 0 Å². The molecule has 0 atom stereocenters. The first-order valence-corrected chi connectivity index (χ1v) is 6.54. The van der Waals surface area contributed by atoms with Crippen molar-refractivity contribution >= 4 is 0 Å². The monoisotopic (exact) mass is 298 g/mol. The molecule has 9 heteroatoms. The van der Waals surface area contributed by atoms with Gasteiger partial charge in [-0.2, -0.15) is 0 Å². The molecule has 9 nitrogen and oxygen atoms in total. The largest absolute Gasteiger partial charge is 0.381 e. The fourth-order valence-corrected chi connectivity index (χ4v) is 1.45. The molecule has 0 heterocycles. The van der Waals surface area contributed by atoms with E-state index in [1.807, 2.05) is 6.92 Å². The summed E-state index contributed by atoms with van der Waals surface area (Å²) >= 11 is 0. The van der Waals surface area contributed by atoms with Crippen LogP contribution in [-0.4, -0.2) is 52.7 Å². The first-order chi connectivity index (χ1) is 10.2. The van der Waals surface area contributed by atoms with E-state index in [1.54, 1.807) is 6.08 Å². The van der Waals surface area contributed by atoms with Crippen LogP contribution in [0.3, 0.4) is 0 Å². The summed E-state index contributed by atoms with van der Waals surface area (Å²) in [5.41, 5.74) is 16.0. The molecule has 0 spiro atoms. The number of nitrogens with zero attached hydrogens (tertiary/aromatic N) is 6. The highest BCUT2D eigenvalue weighted by Crippen LogP contribution is 2.18. The molecule has 0 rings (SSSR count). The standard InChI is InChI=1S/C12H22N6O3/c1-3-6-19-9-12(2,10-20-7-4-15-17-13)11-21-8-5-16-18-14/h3H,1,4-11H2,2H3. The third kappa shape index (κ3) is 11.7.